The minimum absolute atomic E-state index is 0.00209. The molecule has 0 amide bonds. The summed E-state index contributed by atoms with van der Waals surface area (Å²) < 4.78 is 28.8. The zero-order valence-electron chi connectivity index (χ0n) is 12.0. The van der Waals surface area contributed by atoms with Crippen molar-refractivity contribution in [2.45, 2.75) is 31.2 Å². The van der Waals surface area contributed by atoms with Gasteiger partial charge in [0.1, 0.15) is 9.90 Å². The summed E-state index contributed by atoms with van der Waals surface area (Å²) in [6, 6.07) is -0.0943. The maximum absolute atomic E-state index is 11.9. The molecule has 0 aliphatic rings. The topological polar surface area (TPSA) is 98.5 Å². The number of nitrogens with one attached hydrogen (secondary N) is 1. The Bertz CT molecular complexity index is 593. The average molecular weight is 320 g/mol. The zero-order valence-corrected chi connectivity index (χ0v) is 13.7. The van der Waals surface area contributed by atoms with Crippen LogP contribution in [0.3, 0.4) is 0 Å². The summed E-state index contributed by atoms with van der Waals surface area (Å²) in [5.74, 6) is -0.162. The molecular formula is C12H20N2O4S2. The average Bonchev–Trinajstić information content (AvgIpc) is 2.65. The Balaban J connectivity index is 3.32. The SMILES string of the molecule is CCC(=O)c1sc(NC(C)COC)c(S(C)(=O)=O)c1N. The van der Waals surface area contributed by atoms with Crippen LogP contribution in [-0.2, 0) is 14.6 Å². The Morgan fingerprint density at radius 1 is 1.50 bits per heavy atom. The van der Waals surface area contributed by atoms with Crippen molar-refractivity contribution in [2.24, 2.45) is 0 Å². The molecule has 114 valence electrons. The van der Waals surface area contributed by atoms with Crippen molar-refractivity contribution in [1.82, 2.24) is 0 Å². The maximum atomic E-state index is 11.9. The van der Waals surface area contributed by atoms with Gasteiger partial charge < -0.3 is 15.8 Å². The van der Waals surface area contributed by atoms with Crippen molar-refractivity contribution in [1.29, 1.82) is 0 Å². The third kappa shape index (κ3) is 3.71. The van der Waals surface area contributed by atoms with Gasteiger partial charge in [-0.15, -0.1) is 11.3 Å². The van der Waals surface area contributed by atoms with E-state index in [-0.39, 0.29) is 28.8 Å². The molecule has 0 saturated heterocycles. The first-order valence-corrected chi connectivity index (χ1v) is 8.84. The Morgan fingerprint density at radius 2 is 2.10 bits per heavy atom. The molecule has 6 nitrogen and oxygen atoms in total. The molecular weight excluding hydrogens is 300 g/mol. The van der Waals surface area contributed by atoms with Crippen molar-refractivity contribution < 1.29 is 17.9 Å². The number of rotatable bonds is 7. The Hall–Kier alpha value is -1.12. The van der Waals surface area contributed by atoms with E-state index in [1.807, 2.05) is 6.92 Å². The quantitative estimate of drug-likeness (QED) is 0.743. The number of Topliss-reactive ketones (excluding diaryl/α,β-unsaturated/α-hetero) is 1. The molecule has 1 aromatic heterocycles. The third-order valence-electron chi connectivity index (χ3n) is 2.64. The third-order valence-corrected chi connectivity index (χ3v) is 5.11. The number of sulfone groups is 1. The van der Waals surface area contributed by atoms with Crippen LogP contribution in [0, 0.1) is 0 Å². The highest BCUT2D eigenvalue weighted by Gasteiger charge is 2.27. The van der Waals surface area contributed by atoms with E-state index in [1.165, 1.54) is 0 Å². The largest absolute Gasteiger partial charge is 0.396 e. The van der Waals surface area contributed by atoms with Gasteiger partial charge in [-0.1, -0.05) is 6.92 Å². The van der Waals surface area contributed by atoms with Crippen LogP contribution >= 0.6 is 11.3 Å². The van der Waals surface area contributed by atoms with Gasteiger partial charge >= 0.3 is 0 Å². The molecule has 1 rings (SSSR count). The molecule has 1 atom stereocenters. The van der Waals surface area contributed by atoms with E-state index in [4.69, 9.17) is 10.5 Å². The van der Waals surface area contributed by atoms with E-state index >= 15 is 0 Å². The van der Waals surface area contributed by atoms with Crippen LogP contribution in [0.4, 0.5) is 10.7 Å². The second kappa shape index (κ2) is 6.55. The van der Waals surface area contributed by atoms with Crippen LogP contribution in [0.2, 0.25) is 0 Å². The molecule has 1 aromatic rings. The van der Waals surface area contributed by atoms with Crippen molar-refractivity contribution in [3.05, 3.63) is 4.88 Å². The first kappa shape index (κ1) is 16.9. The monoisotopic (exact) mass is 320 g/mol. The fourth-order valence-corrected chi connectivity index (χ4v) is 4.45. The number of nitrogen functional groups attached to an aromatic ring is 1. The number of hydrogen-bond acceptors (Lipinski definition) is 7. The summed E-state index contributed by atoms with van der Waals surface area (Å²) in [7, 11) is -1.96. The van der Waals surface area contributed by atoms with Crippen molar-refractivity contribution >= 4 is 37.6 Å². The zero-order chi connectivity index (χ0) is 15.5. The molecule has 0 saturated carbocycles. The van der Waals surface area contributed by atoms with E-state index in [2.05, 4.69) is 5.32 Å². The number of ether oxygens (including phenoxy) is 1. The van der Waals surface area contributed by atoms with E-state index in [1.54, 1.807) is 14.0 Å². The second-order valence-corrected chi connectivity index (χ2v) is 7.53. The highest BCUT2D eigenvalue weighted by atomic mass is 32.2. The number of ketones is 1. The number of nitrogens with two attached hydrogens (primary N) is 1. The fourth-order valence-electron chi connectivity index (χ4n) is 1.78. The van der Waals surface area contributed by atoms with Crippen molar-refractivity contribution in [3.63, 3.8) is 0 Å². The molecule has 0 aliphatic heterocycles. The number of carbonyl (C=O) groups excluding carboxylic acids is 1. The molecule has 1 unspecified atom stereocenters. The molecule has 0 aromatic carbocycles. The summed E-state index contributed by atoms with van der Waals surface area (Å²) in [6.45, 7) is 3.98. The van der Waals surface area contributed by atoms with Gasteiger partial charge in [0.25, 0.3) is 0 Å². The highest BCUT2D eigenvalue weighted by molar-refractivity contribution is 7.91. The van der Waals surface area contributed by atoms with Gasteiger partial charge in [0, 0.05) is 25.8 Å². The van der Waals surface area contributed by atoms with E-state index < -0.39 is 9.84 Å². The fraction of sp³-hybridized carbons (Fsp3) is 0.583. The van der Waals surface area contributed by atoms with Crippen LogP contribution in [0.15, 0.2) is 4.90 Å². The molecule has 0 bridgehead atoms. The minimum Gasteiger partial charge on any atom is -0.396 e. The number of thiophene rings is 1. The van der Waals surface area contributed by atoms with Gasteiger partial charge in [0.05, 0.1) is 17.2 Å². The summed E-state index contributed by atoms with van der Waals surface area (Å²) in [6.07, 6.45) is 1.36. The van der Waals surface area contributed by atoms with E-state index in [9.17, 15) is 13.2 Å². The summed E-state index contributed by atoms with van der Waals surface area (Å²) >= 11 is 1.08. The lowest BCUT2D eigenvalue weighted by Crippen LogP contribution is -2.21. The maximum Gasteiger partial charge on any atom is 0.180 e. The lowest BCUT2D eigenvalue weighted by Gasteiger charge is -2.13. The molecule has 0 fully saturated rings. The smallest absolute Gasteiger partial charge is 0.180 e. The molecule has 20 heavy (non-hydrogen) atoms. The number of anilines is 2. The van der Waals surface area contributed by atoms with E-state index in [0.29, 0.717) is 16.5 Å². The molecule has 3 N–H and O–H groups in total. The molecule has 0 radical (unpaired) electrons. The molecule has 1 heterocycles. The second-order valence-electron chi connectivity index (χ2n) is 4.55. The molecule has 0 spiro atoms. The van der Waals surface area contributed by atoms with Crippen LogP contribution in [0.1, 0.15) is 29.9 Å². The molecule has 0 aliphatic carbocycles. The predicted octanol–water partition coefficient (Wildman–Crippen LogP) is 1.77. The summed E-state index contributed by atoms with van der Waals surface area (Å²) in [4.78, 5) is 12.1. The lowest BCUT2D eigenvalue weighted by atomic mass is 10.2. The summed E-state index contributed by atoms with van der Waals surface area (Å²) in [5.41, 5.74) is 5.89. The Kier molecular flexibility index (Phi) is 5.55. The van der Waals surface area contributed by atoms with Gasteiger partial charge in [-0.25, -0.2) is 8.42 Å². The predicted molar refractivity (Wildman–Crippen MR) is 81.4 cm³/mol. The molecule has 8 heteroatoms. The van der Waals surface area contributed by atoms with Crippen LogP contribution in [-0.4, -0.2) is 40.2 Å². The van der Waals surface area contributed by atoms with Gasteiger partial charge in [0.2, 0.25) is 0 Å². The van der Waals surface area contributed by atoms with Crippen molar-refractivity contribution in [3.8, 4) is 0 Å². The van der Waals surface area contributed by atoms with Crippen LogP contribution < -0.4 is 11.1 Å². The number of carbonyl (C=O) groups is 1. The first-order chi connectivity index (χ1) is 9.22. The number of hydrogen-bond donors (Lipinski definition) is 2. The Labute approximate surface area is 123 Å². The highest BCUT2D eigenvalue weighted by Crippen LogP contribution is 2.40. The summed E-state index contributed by atoms with van der Waals surface area (Å²) in [5, 5.41) is 3.44. The first-order valence-electron chi connectivity index (χ1n) is 6.13. The number of methoxy groups -OCH3 is 1. The van der Waals surface area contributed by atoms with Gasteiger partial charge in [-0.05, 0) is 6.92 Å². The van der Waals surface area contributed by atoms with Gasteiger partial charge in [0.15, 0.2) is 15.6 Å². The minimum atomic E-state index is -3.52. The van der Waals surface area contributed by atoms with Crippen molar-refractivity contribution in [2.75, 3.05) is 31.0 Å². The lowest BCUT2D eigenvalue weighted by molar-refractivity contribution is 0.0992. The van der Waals surface area contributed by atoms with E-state index in [0.717, 1.165) is 17.6 Å². The standard InChI is InChI=1S/C12H20N2O4S2/c1-5-8(15)10-9(13)11(20(4,16)17)12(19-10)14-7(2)6-18-3/h7,14H,5-6,13H2,1-4H3. The Morgan fingerprint density at radius 3 is 2.55 bits per heavy atom. The van der Waals surface area contributed by atoms with Crippen LogP contribution in [0.25, 0.3) is 0 Å². The van der Waals surface area contributed by atoms with Crippen LogP contribution in [0.5, 0.6) is 0 Å². The van der Waals surface area contributed by atoms with Gasteiger partial charge in [-0.3, -0.25) is 4.79 Å². The normalized spacial score (nSPS) is 13.2. The van der Waals surface area contributed by atoms with Gasteiger partial charge in [-0.2, -0.15) is 0 Å².